The maximum absolute atomic E-state index is 12.3. The summed E-state index contributed by atoms with van der Waals surface area (Å²) in [5.74, 6) is 0.171. The molecule has 2 aliphatic heterocycles. The van der Waals surface area contributed by atoms with Crippen LogP contribution in [0.25, 0.3) is 0 Å². The van der Waals surface area contributed by atoms with Crippen molar-refractivity contribution >= 4 is 6.03 Å². The normalized spacial score (nSPS) is 23.5. The van der Waals surface area contributed by atoms with Gasteiger partial charge in [-0.15, -0.1) is 0 Å². The highest BCUT2D eigenvalue weighted by molar-refractivity contribution is 5.73. The molecule has 7 heteroatoms. The van der Waals surface area contributed by atoms with Crippen molar-refractivity contribution in [3.63, 3.8) is 0 Å². The Kier molecular flexibility index (Phi) is 11.0. The van der Waals surface area contributed by atoms with Crippen molar-refractivity contribution in [3.05, 3.63) is 107 Å². The second-order valence-corrected chi connectivity index (χ2v) is 11.7. The second kappa shape index (κ2) is 15.3. The van der Waals surface area contributed by atoms with E-state index in [4.69, 9.17) is 9.47 Å². The third-order valence-electron chi connectivity index (χ3n) is 8.51. The predicted molar refractivity (Wildman–Crippen MR) is 164 cm³/mol. The fraction of sp³-hybridized carbons (Fsp3) is 0.457. The first-order chi connectivity index (χ1) is 20.6. The van der Waals surface area contributed by atoms with E-state index in [1.807, 2.05) is 66.7 Å². The minimum Gasteiger partial charge on any atom is -0.392 e. The van der Waals surface area contributed by atoms with Crippen molar-refractivity contribution in [2.75, 3.05) is 19.6 Å². The molecular weight excluding hydrogens is 526 g/mol. The van der Waals surface area contributed by atoms with Gasteiger partial charge in [0.15, 0.2) is 6.29 Å². The summed E-state index contributed by atoms with van der Waals surface area (Å²) < 4.78 is 13.3. The van der Waals surface area contributed by atoms with Gasteiger partial charge >= 0.3 is 6.03 Å². The molecule has 7 nitrogen and oxygen atoms in total. The zero-order valence-corrected chi connectivity index (χ0v) is 24.7. The summed E-state index contributed by atoms with van der Waals surface area (Å²) in [6, 6.07) is 25.9. The van der Waals surface area contributed by atoms with Gasteiger partial charge in [-0.25, -0.2) is 4.79 Å². The van der Waals surface area contributed by atoms with Crippen molar-refractivity contribution in [2.24, 2.45) is 5.92 Å². The number of nitrogens with zero attached hydrogens (tertiary/aromatic N) is 1. The number of carbonyl (C=O) groups excluding carboxylic acids is 1. The number of nitrogens with one attached hydrogen (secondary N) is 2. The van der Waals surface area contributed by atoms with Crippen LogP contribution >= 0.6 is 0 Å². The number of aliphatic hydroxyl groups excluding tert-OH is 1. The maximum atomic E-state index is 12.3. The molecule has 5 rings (SSSR count). The lowest BCUT2D eigenvalue weighted by molar-refractivity contribution is -0.276. The molecule has 0 saturated carbocycles. The number of urea groups is 1. The van der Waals surface area contributed by atoms with E-state index in [-0.39, 0.29) is 30.8 Å². The SMILES string of the molecule is C[C@H]1[C@@H](CN2CCCCCCC2)O[C@@H](c2ccc(CNC(=O)NCc3ccccc3)cc2)O[C@H]1c1ccc(CO)cc1. The minimum atomic E-state index is -0.486. The Morgan fingerprint density at radius 2 is 1.33 bits per heavy atom. The molecule has 3 aromatic carbocycles. The van der Waals surface area contributed by atoms with Gasteiger partial charge in [0, 0.05) is 31.1 Å². The Morgan fingerprint density at radius 1 is 0.762 bits per heavy atom. The lowest BCUT2D eigenvalue weighted by Gasteiger charge is -2.43. The predicted octanol–water partition coefficient (Wildman–Crippen LogP) is 6.24. The van der Waals surface area contributed by atoms with Crippen molar-refractivity contribution in [2.45, 2.75) is 77.2 Å². The van der Waals surface area contributed by atoms with Gasteiger partial charge in [0.1, 0.15) is 0 Å². The quantitative estimate of drug-likeness (QED) is 0.283. The summed E-state index contributed by atoms with van der Waals surface area (Å²) >= 11 is 0. The highest BCUT2D eigenvalue weighted by Gasteiger charge is 2.39. The highest BCUT2D eigenvalue weighted by atomic mass is 16.7. The Labute approximate surface area is 250 Å². The van der Waals surface area contributed by atoms with Gasteiger partial charge in [-0.1, -0.05) is 105 Å². The number of ether oxygens (including phenoxy) is 2. The topological polar surface area (TPSA) is 83.1 Å². The molecule has 0 aromatic heterocycles. The summed E-state index contributed by atoms with van der Waals surface area (Å²) in [5.41, 5.74) is 5.03. The van der Waals surface area contributed by atoms with Gasteiger partial charge in [0.25, 0.3) is 0 Å². The highest BCUT2D eigenvalue weighted by Crippen LogP contribution is 2.42. The Hall–Kier alpha value is -3.23. The number of benzene rings is 3. The van der Waals surface area contributed by atoms with Crippen molar-refractivity contribution in [1.29, 1.82) is 0 Å². The van der Waals surface area contributed by atoms with E-state index in [0.29, 0.717) is 13.1 Å². The van der Waals surface area contributed by atoms with Crippen molar-refractivity contribution in [3.8, 4) is 0 Å². The van der Waals surface area contributed by atoms with Crippen LogP contribution in [0.3, 0.4) is 0 Å². The first-order valence-electron chi connectivity index (χ1n) is 15.5. The van der Waals surface area contributed by atoms with Gasteiger partial charge < -0.3 is 30.1 Å². The van der Waals surface area contributed by atoms with Gasteiger partial charge in [-0.3, -0.25) is 0 Å². The number of amides is 2. The zero-order chi connectivity index (χ0) is 29.1. The standard InChI is InChI=1S/C35H45N3O4/c1-26-32(24-38-20-8-3-2-4-9-21-38)41-34(42-33(26)30-16-14-29(25-39)15-17-30)31-18-12-28(13-19-31)23-37-35(40)36-22-27-10-6-5-7-11-27/h5-7,10-19,26,32-34,39H,2-4,8-9,20-25H2,1H3,(H2,36,37,40)/t26-,32+,33+,34+/m0/s1. The molecule has 0 bridgehead atoms. The summed E-state index contributed by atoms with van der Waals surface area (Å²) in [6.45, 7) is 6.31. The lowest BCUT2D eigenvalue weighted by atomic mass is 9.89. The number of rotatable bonds is 9. The number of carbonyl (C=O) groups is 1. The smallest absolute Gasteiger partial charge is 0.315 e. The molecule has 2 heterocycles. The molecule has 2 aliphatic rings. The molecule has 3 N–H and O–H groups in total. The van der Waals surface area contributed by atoms with E-state index in [1.165, 1.54) is 32.1 Å². The molecule has 2 saturated heterocycles. The summed E-state index contributed by atoms with van der Waals surface area (Å²) in [7, 11) is 0. The third kappa shape index (κ3) is 8.42. The first-order valence-corrected chi connectivity index (χ1v) is 15.5. The largest absolute Gasteiger partial charge is 0.392 e. The zero-order valence-electron chi connectivity index (χ0n) is 24.7. The summed E-state index contributed by atoms with van der Waals surface area (Å²) in [6.07, 6.45) is 5.86. The Balaban J connectivity index is 1.24. The molecule has 0 aliphatic carbocycles. The number of hydrogen-bond acceptors (Lipinski definition) is 5. The molecule has 224 valence electrons. The van der Waals surface area contributed by atoms with Gasteiger partial charge in [-0.2, -0.15) is 0 Å². The monoisotopic (exact) mass is 571 g/mol. The van der Waals surface area contributed by atoms with E-state index >= 15 is 0 Å². The van der Waals surface area contributed by atoms with E-state index < -0.39 is 6.29 Å². The van der Waals surface area contributed by atoms with E-state index in [0.717, 1.165) is 47.5 Å². The summed E-state index contributed by atoms with van der Waals surface area (Å²) in [4.78, 5) is 14.9. The van der Waals surface area contributed by atoms with Crippen LogP contribution in [0.1, 0.15) is 79.2 Å². The molecule has 2 amide bonds. The minimum absolute atomic E-state index is 0.0281. The van der Waals surface area contributed by atoms with Crippen LogP contribution in [0.5, 0.6) is 0 Å². The van der Waals surface area contributed by atoms with Crippen molar-refractivity contribution in [1.82, 2.24) is 15.5 Å². The summed E-state index contributed by atoms with van der Waals surface area (Å²) in [5, 5.41) is 15.4. The van der Waals surface area contributed by atoms with Crippen LogP contribution in [0.2, 0.25) is 0 Å². The van der Waals surface area contributed by atoms with Gasteiger partial charge in [-0.05, 0) is 48.2 Å². The number of likely N-dealkylation sites (tertiary alicyclic amines) is 1. The van der Waals surface area contributed by atoms with E-state index in [9.17, 15) is 9.90 Å². The molecular formula is C35H45N3O4. The first kappa shape index (κ1) is 30.2. The van der Waals surface area contributed by atoms with Crippen LogP contribution in [0.15, 0.2) is 78.9 Å². The van der Waals surface area contributed by atoms with Crippen LogP contribution in [0.4, 0.5) is 4.79 Å². The van der Waals surface area contributed by atoms with E-state index in [1.54, 1.807) is 0 Å². The van der Waals surface area contributed by atoms with Crippen LogP contribution in [-0.4, -0.2) is 41.8 Å². The molecule has 0 radical (unpaired) electrons. The second-order valence-electron chi connectivity index (χ2n) is 11.7. The fourth-order valence-corrected chi connectivity index (χ4v) is 5.89. The van der Waals surface area contributed by atoms with Crippen LogP contribution in [-0.2, 0) is 29.2 Å². The van der Waals surface area contributed by atoms with Crippen LogP contribution in [0, 0.1) is 5.92 Å². The molecule has 2 fully saturated rings. The Bertz CT molecular complexity index is 1230. The molecule has 42 heavy (non-hydrogen) atoms. The molecule has 3 aromatic rings. The molecule has 0 unspecified atom stereocenters. The van der Waals surface area contributed by atoms with Crippen LogP contribution < -0.4 is 10.6 Å². The lowest BCUT2D eigenvalue weighted by Crippen LogP contribution is -2.45. The molecule has 4 atom stereocenters. The van der Waals surface area contributed by atoms with Crippen molar-refractivity contribution < 1.29 is 19.4 Å². The van der Waals surface area contributed by atoms with Gasteiger partial charge in [0.05, 0.1) is 18.8 Å². The average Bonchev–Trinajstić information content (AvgIpc) is 3.02. The number of aliphatic hydroxyl groups is 1. The maximum Gasteiger partial charge on any atom is 0.315 e. The fourth-order valence-electron chi connectivity index (χ4n) is 5.89. The third-order valence-corrected chi connectivity index (χ3v) is 8.51. The van der Waals surface area contributed by atoms with E-state index in [2.05, 4.69) is 34.6 Å². The Morgan fingerprint density at radius 3 is 1.98 bits per heavy atom. The number of hydrogen-bond donors (Lipinski definition) is 3. The molecule has 0 spiro atoms. The van der Waals surface area contributed by atoms with Gasteiger partial charge in [0.2, 0.25) is 0 Å². The average molecular weight is 572 g/mol.